The molecule has 0 saturated heterocycles. The van der Waals surface area contributed by atoms with Gasteiger partial charge in [-0.15, -0.1) is 0 Å². The van der Waals surface area contributed by atoms with Crippen molar-refractivity contribution in [2.24, 2.45) is 0 Å². The van der Waals surface area contributed by atoms with Crippen LogP contribution in [0.4, 0.5) is 4.39 Å². The van der Waals surface area contributed by atoms with Crippen LogP contribution >= 0.6 is 15.9 Å². The minimum Gasteiger partial charge on any atom is -0.314 e. The summed E-state index contributed by atoms with van der Waals surface area (Å²) in [5.41, 5.74) is 3.12. The molecular weight excluding hydrogens is 333 g/mol. The molecule has 3 nitrogen and oxygen atoms in total. The molecule has 0 aliphatic rings. The Morgan fingerprint density at radius 2 is 2.05 bits per heavy atom. The molecule has 2 aromatic carbocycles. The number of fused-ring (bicyclic) bond motifs is 1. The van der Waals surface area contributed by atoms with Gasteiger partial charge in [-0.3, -0.25) is 4.68 Å². The molecular formula is C16H15BrFN3. The van der Waals surface area contributed by atoms with Gasteiger partial charge in [-0.2, -0.15) is 5.10 Å². The Kier molecular flexibility index (Phi) is 4.03. The zero-order valence-electron chi connectivity index (χ0n) is 11.6. The fourth-order valence-corrected chi connectivity index (χ4v) is 2.85. The Balaban J connectivity index is 2.01. The Morgan fingerprint density at radius 1 is 1.24 bits per heavy atom. The zero-order chi connectivity index (χ0) is 14.8. The zero-order valence-corrected chi connectivity index (χ0v) is 13.2. The fourth-order valence-electron chi connectivity index (χ4n) is 2.43. The highest BCUT2D eigenvalue weighted by Gasteiger charge is 2.10. The third kappa shape index (κ3) is 2.84. The van der Waals surface area contributed by atoms with Crippen molar-refractivity contribution in [3.05, 3.63) is 64.0 Å². The summed E-state index contributed by atoms with van der Waals surface area (Å²) < 4.78 is 15.8. The molecule has 0 radical (unpaired) electrons. The molecule has 1 aromatic heterocycles. The van der Waals surface area contributed by atoms with Crippen LogP contribution in [0.3, 0.4) is 0 Å². The van der Waals surface area contributed by atoms with Gasteiger partial charge in [0.15, 0.2) is 0 Å². The van der Waals surface area contributed by atoms with E-state index in [1.54, 1.807) is 12.1 Å². The van der Waals surface area contributed by atoms with E-state index in [0.717, 1.165) is 28.7 Å². The number of hydrogen-bond acceptors (Lipinski definition) is 2. The van der Waals surface area contributed by atoms with E-state index in [1.165, 1.54) is 6.07 Å². The van der Waals surface area contributed by atoms with Gasteiger partial charge in [0, 0.05) is 11.9 Å². The van der Waals surface area contributed by atoms with Crippen molar-refractivity contribution in [3.63, 3.8) is 0 Å². The van der Waals surface area contributed by atoms with Gasteiger partial charge in [-0.25, -0.2) is 4.39 Å². The Morgan fingerprint density at radius 3 is 2.81 bits per heavy atom. The lowest BCUT2D eigenvalue weighted by molar-refractivity contribution is 0.617. The van der Waals surface area contributed by atoms with E-state index in [1.807, 2.05) is 23.9 Å². The van der Waals surface area contributed by atoms with E-state index in [-0.39, 0.29) is 5.82 Å². The van der Waals surface area contributed by atoms with Gasteiger partial charge in [-0.1, -0.05) is 24.3 Å². The summed E-state index contributed by atoms with van der Waals surface area (Å²) >= 11 is 3.22. The summed E-state index contributed by atoms with van der Waals surface area (Å²) in [6.45, 7) is 1.34. The van der Waals surface area contributed by atoms with Gasteiger partial charge in [-0.05, 0) is 46.7 Å². The molecule has 21 heavy (non-hydrogen) atoms. The summed E-state index contributed by atoms with van der Waals surface area (Å²) in [6.07, 6.45) is 0. The maximum Gasteiger partial charge on any atom is 0.137 e. The van der Waals surface area contributed by atoms with E-state index in [0.29, 0.717) is 11.0 Å². The highest BCUT2D eigenvalue weighted by atomic mass is 79.9. The third-order valence-electron chi connectivity index (χ3n) is 3.40. The minimum absolute atomic E-state index is 0.250. The smallest absolute Gasteiger partial charge is 0.137 e. The standard InChI is InChI=1S/C16H15BrFN3/c1-19-9-15-12-4-2-3-5-16(12)21(20-15)10-11-6-7-14(18)13(17)8-11/h2-8,19H,9-10H2,1H3. The Labute approximate surface area is 130 Å². The first-order valence-electron chi connectivity index (χ1n) is 6.72. The lowest BCUT2D eigenvalue weighted by Crippen LogP contribution is -2.07. The number of para-hydroxylation sites is 1. The van der Waals surface area contributed by atoms with Crippen molar-refractivity contribution in [2.75, 3.05) is 7.05 Å². The van der Waals surface area contributed by atoms with Crippen molar-refractivity contribution in [1.29, 1.82) is 0 Å². The van der Waals surface area contributed by atoms with Crippen LogP contribution in [0, 0.1) is 5.82 Å². The third-order valence-corrected chi connectivity index (χ3v) is 4.00. The monoisotopic (exact) mass is 347 g/mol. The van der Waals surface area contributed by atoms with Crippen molar-refractivity contribution >= 4 is 26.8 Å². The maximum absolute atomic E-state index is 13.3. The van der Waals surface area contributed by atoms with E-state index in [9.17, 15) is 4.39 Å². The van der Waals surface area contributed by atoms with Gasteiger partial charge >= 0.3 is 0 Å². The first-order valence-corrected chi connectivity index (χ1v) is 7.51. The molecule has 0 spiro atoms. The molecule has 1 N–H and O–H groups in total. The summed E-state index contributed by atoms with van der Waals surface area (Å²) in [4.78, 5) is 0. The SMILES string of the molecule is CNCc1nn(Cc2ccc(F)c(Br)c2)c2ccccc12. The van der Waals surface area contributed by atoms with Crippen LogP contribution in [-0.2, 0) is 13.1 Å². The number of aromatic nitrogens is 2. The number of halogens is 2. The topological polar surface area (TPSA) is 29.9 Å². The van der Waals surface area contributed by atoms with Crippen LogP contribution in [0.5, 0.6) is 0 Å². The minimum atomic E-state index is -0.250. The highest BCUT2D eigenvalue weighted by molar-refractivity contribution is 9.10. The van der Waals surface area contributed by atoms with Crippen molar-refractivity contribution < 1.29 is 4.39 Å². The molecule has 3 aromatic rings. The predicted molar refractivity (Wildman–Crippen MR) is 85.7 cm³/mol. The van der Waals surface area contributed by atoms with Crippen molar-refractivity contribution in [2.45, 2.75) is 13.1 Å². The summed E-state index contributed by atoms with van der Waals surface area (Å²) in [6, 6.07) is 13.2. The van der Waals surface area contributed by atoms with Crippen LogP contribution in [0.1, 0.15) is 11.3 Å². The quantitative estimate of drug-likeness (QED) is 0.779. The summed E-state index contributed by atoms with van der Waals surface area (Å²) in [7, 11) is 1.91. The molecule has 0 saturated carbocycles. The average molecular weight is 348 g/mol. The summed E-state index contributed by atoms with van der Waals surface area (Å²) in [5, 5.41) is 8.95. The van der Waals surface area contributed by atoms with E-state index < -0.39 is 0 Å². The second-order valence-electron chi connectivity index (χ2n) is 4.90. The molecule has 0 fully saturated rings. The normalized spacial score (nSPS) is 11.2. The second-order valence-corrected chi connectivity index (χ2v) is 5.75. The molecule has 0 amide bonds. The van der Waals surface area contributed by atoms with Gasteiger partial charge in [0.2, 0.25) is 0 Å². The lowest BCUT2D eigenvalue weighted by atomic mass is 10.2. The average Bonchev–Trinajstić information content (AvgIpc) is 2.82. The summed E-state index contributed by atoms with van der Waals surface area (Å²) in [5.74, 6) is -0.250. The van der Waals surface area contributed by atoms with Gasteiger partial charge in [0.05, 0.1) is 22.2 Å². The molecule has 1 heterocycles. The van der Waals surface area contributed by atoms with Crippen LogP contribution in [0.2, 0.25) is 0 Å². The molecule has 3 rings (SSSR count). The molecule has 0 aliphatic carbocycles. The number of nitrogens with zero attached hydrogens (tertiary/aromatic N) is 2. The highest BCUT2D eigenvalue weighted by Crippen LogP contribution is 2.21. The molecule has 5 heteroatoms. The van der Waals surface area contributed by atoms with E-state index in [2.05, 4.69) is 38.5 Å². The van der Waals surface area contributed by atoms with Crippen LogP contribution < -0.4 is 5.32 Å². The van der Waals surface area contributed by atoms with Gasteiger partial charge < -0.3 is 5.32 Å². The number of rotatable bonds is 4. The maximum atomic E-state index is 13.3. The second kappa shape index (κ2) is 5.95. The first kappa shape index (κ1) is 14.2. The van der Waals surface area contributed by atoms with Crippen LogP contribution in [-0.4, -0.2) is 16.8 Å². The van der Waals surface area contributed by atoms with E-state index >= 15 is 0 Å². The van der Waals surface area contributed by atoms with E-state index in [4.69, 9.17) is 0 Å². The first-order chi connectivity index (χ1) is 10.2. The predicted octanol–water partition coefficient (Wildman–Crippen LogP) is 3.71. The molecule has 108 valence electrons. The number of hydrogen-bond donors (Lipinski definition) is 1. The lowest BCUT2D eigenvalue weighted by Gasteiger charge is -2.05. The Hall–Kier alpha value is -1.72. The fraction of sp³-hybridized carbons (Fsp3) is 0.188. The molecule has 0 atom stereocenters. The molecule has 0 bridgehead atoms. The van der Waals surface area contributed by atoms with Crippen LogP contribution in [0.25, 0.3) is 10.9 Å². The van der Waals surface area contributed by atoms with Crippen LogP contribution in [0.15, 0.2) is 46.9 Å². The Bertz CT molecular complexity index is 782. The van der Waals surface area contributed by atoms with Gasteiger partial charge in [0.25, 0.3) is 0 Å². The van der Waals surface area contributed by atoms with Gasteiger partial charge in [0.1, 0.15) is 5.82 Å². The van der Waals surface area contributed by atoms with Crippen molar-refractivity contribution in [3.8, 4) is 0 Å². The number of benzene rings is 2. The largest absolute Gasteiger partial charge is 0.314 e. The van der Waals surface area contributed by atoms with Crippen molar-refractivity contribution in [1.82, 2.24) is 15.1 Å². The molecule has 0 aliphatic heterocycles. The number of nitrogens with one attached hydrogen (secondary N) is 1. The molecule has 0 unspecified atom stereocenters.